The molecule has 7 nitrogen and oxygen atoms in total. The zero-order valence-corrected chi connectivity index (χ0v) is 17.9. The summed E-state index contributed by atoms with van der Waals surface area (Å²) in [7, 11) is 4.49. The van der Waals surface area contributed by atoms with Crippen molar-refractivity contribution in [3.63, 3.8) is 0 Å². The summed E-state index contributed by atoms with van der Waals surface area (Å²) in [4.78, 5) is 29.2. The highest BCUT2D eigenvalue weighted by Gasteiger charge is 2.20. The lowest BCUT2D eigenvalue weighted by Crippen LogP contribution is -2.36. The predicted octanol–water partition coefficient (Wildman–Crippen LogP) is 1.71. The molecule has 0 radical (unpaired) electrons. The quantitative estimate of drug-likeness (QED) is 0.751. The molecule has 1 heterocycles. The molecule has 1 aliphatic heterocycles. The molecule has 0 fully saturated rings. The number of amides is 2. The van der Waals surface area contributed by atoms with Gasteiger partial charge in [0.1, 0.15) is 0 Å². The normalized spacial score (nSPS) is 14.8. The summed E-state index contributed by atoms with van der Waals surface area (Å²) in [5.41, 5.74) is 2.64. The second-order valence-corrected chi connectivity index (χ2v) is 7.18. The highest BCUT2D eigenvalue weighted by molar-refractivity contribution is 5.95. The van der Waals surface area contributed by atoms with Crippen LogP contribution in [0.4, 0.5) is 0 Å². The molecule has 0 saturated carbocycles. The Morgan fingerprint density at radius 3 is 2.23 bits per heavy atom. The molecule has 3 rings (SSSR count). The van der Waals surface area contributed by atoms with Crippen molar-refractivity contribution in [1.29, 1.82) is 0 Å². The van der Waals surface area contributed by atoms with Crippen molar-refractivity contribution in [3.05, 3.63) is 51.5 Å². The molecule has 0 bridgehead atoms. The topological polar surface area (TPSA) is 86.2 Å². The van der Waals surface area contributed by atoms with Gasteiger partial charge in [-0.1, -0.05) is 6.08 Å². The van der Waals surface area contributed by atoms with Gasteiger partial charge in [0.15, 0.2) is 11.5 Å². The Hall–Kier alpha value is -3.35. The number of hydrogen-bond acceptors (Lipinski definition) is 5. The third-order valence-electron chi connectivity index (χ3n) is 5.24. The van der Waals surface area contributed by atoms with Gasteiger partial charge >= 0.3 is 0 Å². The van der Waals surface area contributed by atoms with E-state index in [0.29, 0.717) is 41.1 Å². The van der Waals surface area contributed by atoms with Crippen LogP contribution in [-0.2, 0) is 4.79 Å². The Balaban J connectivity index is 1.71. The molecule has 2 aromatic rings. The van der Waals surface area contributed by atoms with E-state index in [-0.39, 0.29) is 17.7 Å². The lowest BCUT2D eigenvalue weighted by atomic mass is 9.98. The maximum Gasteiger partial charge on any atom is 0.253 e. The van der Waals surface area contributed by atoms with Crippen LogP contribution in [0.1, 0.15) is 27.9 Å². The number of rotatable bonds is 7. The van der Waals surface area contributed by atoms with Crippen molar-refractivity contribution in [2.24, 2.45) is 10.9 Å². The predicted molar refractivity (Wildman–Crippen MR) is 113 cm³/mol. The van der Waals surface area contributed by atoms with Gasteiger partial charge in [-0.3, -0.25) is 9.59 Å². The van der Waals surface area contributed by atoms with Gasteiger partial charge in [-0.25, -0.2) is 4.99 Å². The van der Waals surface area contributed by atoms with Crippen molar-refractivity contribution in [3.8, 4) is 17.2 Å². The third kappa shape index (κ3) is 4.30. The van der Waals surface area contributed by atoms with Gasteiger partial charge in [0, 0.05) is 12.1 Å². The van der Waals surface area contributed by atoms with Crippen LogP contribution in [0.2, 0.25) is 0 Å². The number of hydrogen-bond donors (Lipinski definition) is 1. The number of carbonyl (C=O) groups excluding carboxylic acids is 2. The molecule has 30 heavy (non-hydrogen) atoms. The Labute approximate surface area is 175 Å². The molecule has 1 unspecified atom stereocenters. The molecule has 0 saturated heterocycles. The minimum atomic E-state index is -0.361. The summed E-state index contributed by atoms with van der Waals surface area (Å²) >= 11 is 0. The van der Waals surface area contributed by atoms with Crippen LogP contribution < -0.4 is 30.1 Å². The molecule has 2 aromatic carbocycles. The fourth-order valence-electron chi connectivity index (χ4n) is 3.41. The summed E-state index contributed by atoms with van der Waals surface area (Å²) < 4.78 is 15.9. The van der Waals surface area contributed by atoms with Crippen LogP contribution in [0.15, 0.2) is 29.3 Å². The van der Waals surface area contributed by atoms with Crippen molar-refractivity contribution in [2.75, 3.05) is 27.9 Å². The lowest BCUT2D eigenvalue weighted by molar-refractivity contribution is -0.120. The van der Waals surface area contributed by atoms with Gasteiger partial charge in [0.2, 0.25) is 5.75 Å². The zero-order chi connectivity index (χ0) is 21.8. The lowest BCUT2D eigenvalue weighted by Gasteiger charge is -2.15. The van der Waals surface area contributed by atoms with Crippen molar-refractivity contribution >= 4 is 17.9 Å². The largest absolute Gasteiger partial charge is 0.493 e. The van der Waals surface area contributed by atoms with Crippen molar-refractivity contribution in [1.82, 2.24) is 5.32 Å². The van der Waals surface area contributed by atoms with Crippen LogP contribution in [0, 0.1) is 19.8 Å². The number of methoxy groups -OCH3 is 3. The maximum absolute atomic E-state index is 12.6. The summed E-state index contributed by atoms with van der Waals surface area (Å²) in [6, 6.07) is 7.15. The first-order valence-electron chi connectivity index (χ1n) is 9.67. The average Bonchev–Trinajstić information content (AvgIpc) is 2.74. The number of nitrogens with zero attached hydrogens (tertiary/aromatic N) is 1. The number of nitrogens with one attached hydrogen (secondary N) is 1. The molecule has 0 aliphatic carbocycles. The number of aryl methyl sites for hydroxylation is 2. The van der Waals surface area contributed by atoms with Gasteiger partial charge < -0.3 is 19.5 Å². The fourth-order valence-corrected chi connectivity index (χ4v) is 3.41. The Morgan fingerprint density at radius 2 is 1.63 bits per heavy atom. The van der Waals surface area contributed by atoms with Gasteiger partial charge in [0.25, 0.3) is 11.8 Å². The van der Waals surface area contributed by atoms with Crippen molar-refractivity contribution < 1.29 is 23.8 Å². The van der Waals surface area contributed by atoms with E-state index in [4.69, 9.17) is 14.2 Å². The molecular formula is C23H26N2O5. The Kier molecular flexibility index (Phi) is 6.40. The minimum Gasteiger partial charge on any atom is -0.493 e. The summed E-state index contributed by atoms with van der Waals surface area (Å²) in [5.74, 6) is 0.386. The van der Waals surface area contributed by atoms with Gasteiger partial charge in [-0.2, -0.15) is 0 Å². The summed E-state index contributed by atoms with van der Waals surface area (Å²) in [6.07, 6.45) is 2.40. The van der Waals surface area contributed by atoms with Gasteiger partial charge in [-0.15, -0.1) is 0 Å². The van der Waals surface area contributed by atoms with Crippen LogP contribution in [0.5, 0.6) is 17.2 Å². The Morgan fingerprint density at radius 1 is 1.00 bits per heavy atom. The van der Waals surface area contributed by atoms with E-state index in [9.17, 15) is 9.59 Å². The monoisotopic (exact) mass is 410 g/mol. The van der Waals surface area contributed by atoms with Gasteiger partial charge in [-0.05, 0) is 60.9 Å². The fraction of sp³-hybridized carbons (Fsp3) is 0.348. The summed E-state index contributed by atoms with van der Waals surface area (Å²) in [6.45, 7) is 4.37. The van der Waals surface area contributed by atoms with Crippen LogP contribution in [0.25, 0.3) is 6.08 Å². The molecule has 0 aromatic heterocycles. The molecule has 1 N–H and O–H groups in total. The maximum atomic E-state index is 12.6. The van der Waals surface area contributed by atoms with E-state index in [0.717, 1.165) is 16.3 Å². The standard InChI is InChI=1S/C23H26N2O5/c1-13-8-16-10-15(23(27)25-18(16)9-14(13)2)6-7-24-22(26)17-11-19(28-3)21(30-5)20(12-17)29-4/h8-12,15H,6-7H2,1-5H3,(H,24,26). The van der Waals surface area contributed by atoms with E-state index >= 15 is 0 Å². The van der Waals surface area contributed by atoms with E-state index in [2.05, 4.69) is 10.3 Å². The molecule has 1 atom stereocenters. The summed E-state index contributed by atoms with van der Waals surface area (Å²) in [5, 5.41) is 4.51. The highest BCUT2D eigenvalue weighted by atomic mass is 16.5. The molecular weight excluding hydrogens is 384 g/mol. The number of benzene rings is 2. The zero-order valence-electron chi connectivity index (χ0n) is 17.9. The van der Waals surface area contributed by atoms with Crippen LogP contribution >= 0.6 is 0 Å². The van der Waals surface area contributed by atoms with E-state index < -0.39 is 0 Å². The van der Waals surface area contributed by atoms with Crippen LogP contribution in [-0.4, -0.2) is 39.7 Å². The molecule has 2 amide bonds. The number of carbonyl (C=O) groups is 2. The van der Waals surface area contributed by atoms with Gasteiger partial charge in [0.05, 0.1) is 32.6 Å². The number of fused-ring (bicyclic) bond motifs is 1. The van der Waals surface area contributed by atoms with E-state index in [1.807, 2.05) is 32.1 Å². The average molecular weight is 410 g/mol. The SMILES string of the molecule is COc1cc(C(=O)NCCC2C=c3cc(C)c(C)cc3=NC2=O)cc(OC)c1OC. The minimum absolute atomic E-state index is 0.187. The molecule has 0 spiro atoms. The molecule has 158 valence electrons. The van der Waals surface area contributed by atoms with Crippen molar-refractivity contribution in [2.45, 2.75) is 20.3 Å². The number of ether oxygens (including phenoxy) is 3. The van der Waals surface area contributed by atoms with E-state index in [1.54, 1.807) is 12.1 Å². The third-order valence-corrected chi connectivity index (χ3v) is 5.24. The van der Waals surface area contributed by atoms with E-state index in [1.165, 1.54) is 21.3 Å². The second kappa shape index (κ2) is 8.98. The second-order valence-electron chi connectivity index (χ2n) is 7.18. The first kappa shape index (κ1) is 21.4. The first-order valence-corrected chi connectivity index (χ1v) is 9.67. The molecule has 7 heteroatoms. The Bertz CT molecular complexity index is 1080. The smallest absolute Gasteiger partial charge is 0.253 e. The first-order chi connectivity index (χ1) is 14.4. The van der Waals surface area contributed by atoms with Crippen LogP contribution in [0.3, 0.4) is 0 Å². The molecule has 1 aliphatic rings. The highest BCUT2D eigenvalue weighted by Crippen LogP contribution is 2.38.